The summed E-state index contributed by atoms with van der Waals surface area (Å²) in [6.07, 6.45) is 6.64. The van der Waals surface area contributed by atoms with Gasteiger partial charge in [0.1, 0.15) is 0 Å². The number of rotatable bonds is 6. The van der Waals surface area contributed by atoms with Gasteiger partial charge in [-0.15, -0.1) is 0 Å². The number of fused-ring (bicyclic) bond motifs is 2. The molecule has 0 aromatic heterocycles. The molecule has 3 atom stereocenters. The van der Waals surface area contributed by atoms with Gasteiger partial charge in [0.15, 0.2) is 0 Å². The van der Waals surface area contributed by atoms with E-state index in [-0.39, 0.29) is 11.8 Å². The van der Waals surface area contributed by atoms with Gasteiger partial charge in [-0.1, -0.05) is 24.3 Å². The molecular formula is C20H25N3O. The molecule has 0 aliphatic heterocycles. The fraction of sp³-hybridized carbons (Fsp3) is 0.500. The summed E-state index contributed by atoms with van der Waals surface area (Å²) in [4.78, 5) is 17.2. The molecule has 1 amide bonds. The van der Waals surface area contributed by atoms with Crippen LogP contribution in [0.3, 0.4) is 0 Å². The van der Waals surface area contributed by atoms with E-state index in [1.165, 1.54) is 0 Å². The molecule has 1 aromatic rings. The lowest BCUT2D eigenvalue weighted by atomic mass is 9.92. The van der Waals surface area contributed by atoms with E-state index in [1.54, 1.807) is 6.07 Å². The minimum Gasteiger partial charge on any atom is -0.337 e. The number of benzene rings is 1. The monoisotopic (exact) mass is 323 g/mol. The first-order valence-corrected chi connectivity index (χ1v) is 8.67. The number of amides is 1. The van der Waals surface area contributed by atoms with Gasteiger partial charge in [-0.25, -0.2) is 0 Å². The van der Waals surface area contributed by atoms with E-state index in [0.29, 0.717) is 23.9 Å². The van der Waals surface area contributed by atoms with E-state index in [9.17, 15) is 4.79 Å². The fourth-order valence-electron chi connectivity index (χ4n) is 3.85. The molecule has 2 aliphatic rings. The summed E-state index contributed by atoms with van der Waals surface area (Å²) in [6.45, 7) is 2.15. The number of nitriles is 1. The second kappa shape index (κ2) is 7.19. The van der Waals surface area contributed by atoms with Crippen molar-refractivity contribution in [3.05, 3.63) is 47.5 Å². The molecule has 0 N–H and O–H groups in total. The zero-order valence-corrected chi connectivity index (χ0v) is 14.5. The topological polar surface area (TPSA) is 47.3 Å². The van der Waals surface area contributed by atoms with E-state index >= 15 is 0 Å². The molecule has 3 rings (SSSR count). The quantitative estimate of drug-likeness (QED) is 0.756. The lowest BCUT2D eigenvalue weighted by Gasteiger charge is -2.29. The Labute approximate surface area is 144 Å². The van der Waals surface area contributed by atoms with Crippen LogP contribution in [0, 0.1) is 29.1 Å². The maximum atomic E-state index is 13.1. The van der Waals surface area contributed by atoms with Crippen molar-refractivity contribution < 1.29 is 4.79 Å². The fourth-order valence-corrected chi connectivity index (χ4v) is 3.85. The van der Waals surface area contributed by atoms with Crippen LogP contribution >= 0.6 is 0 Å². The maximum Gasteiger partial charge on any atom is 0.226 e. The van der Waals surface area contributed by atoms with E-state index < -0.39 is 0 Å². The van der Waals surface area contributed by atoms with Crippen LogP contribution in [-0.2, 0) is 11.3 Å². The lowest BCUT2D eigenvalue weighted by Crippen LogP contribution is -2.40. The summed E-state index contributed by atoms with van der Waals surface area (Å²) in [6, 6.07) is 9.75. The van der Waals surface area contributed by atoms with Crippen LogP contribution in [0.5, 0.6) is 0 Å². The van der Waals surface area contributed by atoms with Gasteiger partial charge in [-0.05, 0) is 56.5 Å². The molecule has 24 heavy (non-hydrogen) atoms. The second-order valence-electron chi connectivity index (χ2n) is 7.26. The predicted octanol–water partition coefficient (Wildman–Crippen LogP) is 2.66. The van der Waals surface area contributed by atoms with Gasteiger partial charge < -0.3 is 9.80 Å². The van der Waals surface area contributed by atoms with E-state index in [2.05, 4.69) is 23.1 Å². The van der Waals surface area contributed by atoms with Crippen molar-refractivity contribution in [2.75, 3.05) is 27.2 Å². The molecule has 0 radical (unpaired) electrons. The molecule has 3 unspecified atom stereocenters. The van der Waals surface area contributed by atoms with Gasteiger partial charge in [0.2, 0.25) is 5.91 Å². The molecule has 2 aliphatic carbocycles. The van der Waals surface area contributed by atoms with Crippen LogP contribution in [0.15, 0.2) is 36.4 Å². The Morgan fingerprint density at radius 3 is 2.71 bits per heavy atom. The highest BCUT2D eigenvalue weighted by atomic mass is 16.2. The number of carbonyl (C=O) groups excluding carboxylic acids is 1. The zero-order chi connectivity index (χ0) is 17.1. The molecule has 1 aromatic carbocycles. The summed E-state index contributed by atoms with van der Waals surface area (Å²) in [5.41, 5.74) is 1.68. The van der Waals surface area contributed by atoms with Crippen molar-refractivity contribution in [2.24, 2.45) is 17.8 Å². The number of allylic oxidation sites excluding steroid dienone is 2. The summed E-state index contributed by atoms with van der Waals surface area (Å²) in [5, 5.41) is 9.08. The van der Waals surface area contributed by atoms with Gasteiger partial charge in [0, 0.05) is 25.6 Å². The third-order valence-electron chi connectivity index (χ3n) is 5.15. The Kier molecular flexibility index (Phi) is 5.01. The molecule has 0 spiro atoms. The Balaban J connectivity index is 1.74. The van der Waals surface area contributed by atoms with Crippen molar-refractivity contribution >= 4 is 5.91 Å². The summed E-state index contributed by atoms with van der Waals surface area (Å²) >= 11 is 0. The van der Waals surface area contributed by atoms with Crippen LogP contribution < -0.4 is 0 Å². The minimum absolute atomic E-state index is 0.140. The Hall–Kier alpha value is -2.12. The Morgan fingerprint density at radius 2 is 2.08 bits per heavy atom. The molecule has 1 saturated carbocycles. The van der Waals surface area contributed by atoms with Crippen molar-refractivity contribution in [3.8, 4) is 6.07 Å². The minimum atomic E-state index is 0.140. The number of likely N-dealkylation sites (N-methyl/N-ethyl adjacent to an activating group) is 1. The SMILES string of the molecule is CN(C)CCN(Cc1cccc(C#N)c1)C(=O)C1CC2C=CC1C2. The largest absolute Gasteiger partial charge is 0.337 e. The third-order valence-corrected chi connectivity index (χ3v) is 5.15. The molecule has 4 heteroatoms. The highest BCUT2D eigenvalue weighted by Crippen LogP contribution is 2.44. The predicted molar refractivity (Wildman–Crippen MR) is 94.0 cm³/mol. The molecular weight excluding hydrogens is 298 g/mol. The summed E-state index contributed by atoms with van der Waals surface area (Å²) < 4.78 is 0. The average Bonchev–Trinajstić information content (AvgIpc) is 3.21. The molecule has 2 bridgehead atoms. The van der Waals surface area contributed by atoms with Crippen molar-refractivity contribution in [2.45, 2.75) is 19.4 Å². The second-order valence-corrected chi connectivity index (χ2v) is 7.26. The number of hydrogen-bond donors (Lipinski definition) is 0. The Morgan fingerprint density at radius 1 is 1.25 bits per heavy atom. The zero-order valence-electron chi connectivity index (χ0n) is 14.5. The first-order valence-electron chi connectivity index (χ1n) is 8.67. The van der Waals surface area contributed by atoms with Crippen LogP contribution in [0.25, 0.3) is 0 Å². The number of hydrogen-bond acceptors (Lipinski definition) is 3. The third kappa shape index (κ3) is 3.68. The standard InChI is InChI=1S/C20H25N3O/c1-22(2)8-9-23(14-17-5-3-4-16(10-17)13-21)20(24)19-12-15-6-7-18(19)11-15/h3-7,10,15,18-19H,8-9,11-12,14H2,1-2H3. The van der Waals surface area contributed by atoms with Crippen LogP contribution in [0.4, 0.5) is 0 Å². The van der Waals surface area contributed by atoms with Crippen molar-refractivity contribution in [1.82, 2.24) is 9.80 Å². The van der Waals surface area contributed by atoms with Crippen molar-refractivity contribution in [3.63, 3.8) is 0 Å². The molecule has 1 fully saturated rings. The van der Waals surface area contributed by atoms with Crippen LogP contribution in [-0.4, -0.2) is 42.9 Å². The summed E-state index contributed by atoms with van der Waals surface area (Å²) in [5.74, 6) is 1.44. The van der Waals surface area contributed by atoms with Gasteiger partial charge in [-0.2, -0.15) is 5.26 Å². The van der Waals surface area contributed by atoms with Gasteiger partial charge in [0.25, 0.3) is 0 Å². The maximum absolute atomic E-state index is 13.1. The first kappa shape index (κ1) is 16.7. The van der Waals surface area contributed by atoms with Gasteiger partial charge in [-0.3, -0.25) is 4.79 Å². The number of carbonyl (C=O) groups is 1. The van der Waals surface area contributed by atoms with Gasteiger partial charge in [0.05, 0.1) is 11.6 Å². The van der Waals surface area contributed by atoms with Gasteiger partial charge >= 0.3 is 0 Å². The smallest absolute Gasteiger partial charge is 0.226 e. The molecule has 126 valence electrons. The normalized spacial score (nSPS) is 24.3. The van der Waals surface area contributed by atoms with E-state index in [1.807, 2.05) is 37.2 Å². The first-order chi connectivity index (χ1) is 11.6. The molecule has 4 nitrogen and oxygen atoms in total. The Bertz CT molecular complexity index is 674. The van der Waals surface area contributed by atoms with E-state index in [4.69, 9.17) is 5.26 Å². The van der Waals surface area contributed by atoms with Crippen LogP contribution in [0.2, 0.25) is 0 Å². The molecule has 0 saturated heterocycles. The average molecular weight is 323 g/mol. The number of nitrogens with zero attached hydrogens (tertiary/aromatic N) is 3. The lowest BCUT2D eigenvalue weighted by molar-refractivity contribution is -0.137. The highest BCUT2D eigenvalue weighted by Gasteiger charge is 2.41. The van der Waals surface area contributed by atoms with Crippen LogP contribution in [0.1, 0.15) is 24.0 Å². The highest BCUT2D eigenvalue weighted by molar-refractivity contribution is 5.80. The van der Waals surface area contributed by atoms with E-state index in [0.717, 1.165) is 31.5 Å². The molecule has 0 heterocycles. The summed E-state index contributed by atoms with van der Waals surface area (Å²) in [7, 11) is 4.05. The van der Waals surface area contributed by atoms with Crippen molar-refractivity contribution in [1.29, 1.82) is 5.26 Å².